The van der Waals surface area contributed by atoms with Crippen molar-refractivity contribution in [1.29, 1.82) is 0 Å². The van der Waals surface area contributed by atoms with Crippen molar-refractivity contribution in [2.75, 3.05) is 0 Å². The molecule has 0 atom stereocenters. The first-order valence-electron chi connectivity index (χ1n) is 11.3. The number of fused-ring (bicyclic) bond motifs is 3. The van der Waals surface area contributed by atoms with Crippen LogP contribution in [0.25, 0.3) is 11.1 Å². The van der Waals surface area contributed by atoms with Crippen molar-refractivity contribution in [3.63, 3.8) is 0 Å². The van der Waals surface area contributed by atoms with Crippen LogP contribution in [0.3, 0.4) is 0 Å². The van der Waals surface area contributed by atoms with E-state index in [2.05, 4.69) is 104 Å². The van der Waals surface area contributed by atoms with Gasteiger partial charge in [0.2, 0.25) is 0 Å². The molecule has 2 aromatic rings. The van der Waals surface area contributed by atoms with Gasteiger partial charge in [-0.25, -0.2) is 0 Å². The van der Waals surface area contributed by atoms with E-state index in [1.807, 2.05) is 0 Å². The van der Waals surface area contributed by atoms with Gasteiger partial charge in [0.1, 0.15) is 0 Å². The summed E-state index contributed by atoms with van der Waals surface area (Å²) in [6, 6.07) is 12.4. The van der Waals surface area contributed by atoms with Gasteiger partial charge in [-0.1, -0.05) is 0 Å². The van der Waals surface area contributed by atoms with Crippen molar-refractivity contribution < 1.29 is 21.3 Å². The van der Waals surface area contributed by atoms with Gasteiger partial charge < -0.3 is 0 Å². The summed E-state index contributed by atoms with van der Waals surface area (Å²) in [6.07, 6.45) is 9.31. The molecule has 0 N–H and O–H groups in total. The zero-order chi connectivity index (χ0) is 21.8. The Morgan fingerprint density at radius 2 is 1.50 bits per heavy atom. The Labute approximate surface area is 191 Å². The molecule has 0 aliphatic heterocycles. The molecule has 156 valence electrons. The fourth-order valence-electron chi connectivity index (χ4n) is 4.79. The van der Waals surface area contributed by atoms with Crippen molar-refractivity contribution in [3.8, 4) is 11.1 Å². The van der Waals surface area contributed by atoms with Crippen LogP contribution in [0.15, 0.2) is 51.8 Å². The van der Waals surface area contributed by atoms with E-state index in [0.717, 1.165) is 12.8 Å². The second-order valence-electron chi connectivity index (χ2n) is 11.3. The van der Waals surface area contributed by atoms with Crippen molar-refractivity contribution in [1.82, 2.24) is 0 Å². The van der Waals surface area contributed by atoms with Crippen LogP contribution in [0.4, 0.5) is 0 Å². The molecule has 0 amide bonds. The number of hydrogen-bond donors (Lipinski definition) is 0. The van der Waals surface area contributed by atoms with Gasteiger partial charge in [0.25, 0.3) is 0 Å². The summed E-state index contributed by atoms with van der Waals surface area (Å²) < 4.78 is 5.15. The Morgan fingerprint density at radius 1 is 0.833 bits per heavy atom. The number of allylic oxidation sites excluding steroid dienone is 4. The first-order chi connectivity index (χ1) is 14.0. The topological polar surface area (TPSA) is 0 Å². The third-order valence-corrected chi connectivity index (χ3v) is 14.0. The SMILES string of the molecule is C[C](C)=[Zr]([C]1=CC=CC1)[c]1cc(C(C)(C)C)cc2c1Cc1ccc(C(C)(C)C)cc1-2. The summed E-state index contributed by atoms with van der Waals surface area (Å²) in [7, 11) is 0. The Bertz CT molecular complexity index is 1100. The number of hydrogen-bond acceptors (Lipinski definition) is 0. The van der Waals surface area contributed by atoms with Crippen LogP contribution in [0, 0.1) is 0 Å². The van der Waals surface area contributed by atoms with Gasteiger partial charge in [0.15, 0.2) is 0 Å². The summed E-state index contributed by atoms with van der Waals surface area (Å²) in [5.74, 6) is 0. The van der Waals surface area contributed by atoms with Crippen LogP contribution >= 0.6 is 0 Å². The molecule has 0 heterocycles. The summed E-state index contributed by atoms with van der Waals surface area (Å²) in [4.78, 5) is 0. The minimum atomic E-state index is -2.05. The van der Waals surface area contributed by atoms with Crippen LogP contribution in [-0.4, -0.2) is 3.21 Å². The molecule has 0 radical (unpaired) electrons. The maximum atomic E-state index is 2.61. The average Bonchev–Trinajstić information content (AvgIpc) is 3.27. The van der Waals surface area contributed by atoms with Gasteiger partial charge in [0, 0.05) is 0 Å². The summed E-state index contributed by atoms with van der Waals surface area (Å²) in [5.41, 5.74) is 9.42. The molecule has 0 unspecified atom stereocenters. The fourth-order valence-corrected chi connectivity index (χ4v) is 12.0. The molecule has 0 saturated carbocycles. The average molecular weight is 476 g/mol. The minimum absolute atomic E-state index is 0.159. The van der Waals surface area contributed by atoms with Crippen molar-refractivity contribution >= 4 is 6.48 Å². The van der Waals surface area contributed by atoms with Crippen LogP contribution in [0.1, 0.15) is 84.1 Å². The van der Waals surface area contributed by atoms with E-state index in [4.69, 9.17) is 0 Å². The molecule has 0 spiro atoms. The Hall–Kier alpha value is -1.33. The van der Waals surface area contributed by atoms with E-state index in [-0.39, 0.29) is 10.8 Å². The summed E-state index contributed by atoms with van der Waals surface area (Å²) in [5, 5.41) is 0. The molecule has 2 aliphatic rings. The van der Waals surface area contributed by atoms with Crippen molar-refractivity contribution in [3.05, 3.63) is 74.1 Å². The predicted molar refractivity (Wildman–Crippen MR) is 130 cm³/mol. The molecular weight excluding hydrogens is 440 g/mol. The third-order valence-electron chi connectivity index (χ3n) is 6.61. The third kappa shape index (κ3) is 3.95. The molecule has 2 aliphatic carbocycles. The quantitative estimate of drug-likeness (QED) is 0.369. The van der Waals surface area contributed by atoms with E-state index in [1.165, 1.54) is 27.8 Å². The Kier molecular flexibility index (Phi) is 5.59. The van der Waals surface area contributed by atoms with Gasteiger partial charge in [-0.3, -0.25) is 0 Å². The van der Waals surface area contributed by atoms with E-state index >= 15 is 0 Å². The van der Waals surface area contributed by atoms with Gasteiger partial charge in [-0.2, -0.15) is 0 Å². The van der Waals surface area contributed by atoms with E-state index < -0.39 is 21.3 Å². The second kappa shape index (κ2) is 7.67. The maximum absolute atomic E-state index is 2.61. The van der Waals surface area contributed by atoms with Crippen molar-refractivity contribution in [2.45, 2.75) is 79.1 Å². The molecule has 0 aromatic heterocycles. The van der Waals surface area contributed by atoms with Gasteiger partial charge in [0.05, 0.1) is 0 Å². The molecule has 30 heavy (non-hydrogen) atoms. The molecule has 2 aromatic carbocycles. The monoisotopic (exact) mass is 474 g/mol. The van der Waals surface area contributed by atoms with Crippen LogP contribution in [0.2, 0.25) is 0 Å². The van der Waals surface area contributed by atoms with Gasteiger partial charge in [-0.15, -0.1) is 0 Å². The molecule has 0 fully saturated rings. The predicted octanol–water partition coefficient (Wildman–Crippen LogP) is 7.15. The Morgan fingerprint density at radius 3 is 2.07 bits per heavy atom. The molecule has 0 bridgehead atoms. The molecule has 0 saturated heterocycles. The summed E-state index contributed by atoms with van der Waals surface area (Å²) in [6.45, 7) is 18.8. The van der Waals surface area contributed by atoms with Gasteiger partial charge >= 0.3 is 192 Å². The molecule has 0 nitrogen and oxygen atoms in total. The first-order valence-corrected chi connectivity index (χ1v) is 15.0. The zero-order valence-electron chi connectivity index (χ0n) is 20.0. The standard InChI is InChI=1S/C21H25.C5H5.C3H6.Zr/c1-20(2,3)16-9-7-14-11-15-8-10-17(21(4,5)6)13-19(15)18(14)12-16;1-2-4-5-3-1;1-3-2;/h7,9-10,12-13H,11H2,1-6H3;1-3H,4H2;1-2H3;. The molecule has 4 rings (SSSR count). The van der Waals surface area contributed by atoms with Crippen LogP contribution in [-0.2, 0) is 38.5 Å². The van der Waals surface area contributed by atoms with E-state index in [1.54, 1.807) is 15.3 Å². The molecular formula is C29H36Zr. The first kappa shape index (κ1) is 21.9. The normalized spacial score (nSPS) is 15.1. The fraction of sp³-hybridized carbons (Fsp3) is 0.414. The van der Waals surface area contributed by atoms with Crippen LogP contribution < -0.4 is 3.27 Å². The zero-order valence-corrected chi connectivity index (χ0v) is 22.5. The van der Waals surface area contributed by atoms with E-state index in [0.29, 0.717) is 0 Å². The van der Waals surface area contributed by atoms with Crippen LogP contribution in [0.5, 0.6) is 0 Å². The molecule has 1 heteroatoms. The Balaban J connectivity index is 1.99. The van der Waals surface area contributed by atoms with Gasteiger partial charge in [-0.05, 0) is 0 Å². The number of rotatable bonds is 2. The van der Waals surface area contributed by atoms with E-state index in [9.17, 15) is 0 Å². The number of benzene rings is 2. The van der Waals surface area contributed by atoms with Crippen molar-refractivity contribution in [2.24, 2.45) is 0 Å². The summed E-state index contributed by atoms with van der Waals surface area (Å²) >= 11 is -2.05. The second-order valence-corrected chi connectivity index (χ2v) is 18.5.